The van der Waals surface area contributed by atoms with Crippen LogP contribution in [0.4, 0.5) is 0 Å². The van der Waals surface area contributed by atoms with Gasteiger partial charge in [0.1, 0.15) is 4.88 Å². The van der Waals surface area contributed by atoms with Gasteiger partial charge in [-0.25, -0.2) is 9.78 Å². The Balaban J connectivity index is 2.84. The Bertz CT molecular complexity index is 350. The minimum atomic E-state index is -0.980. The first-order valence-corrected chi connectivity index (χ1v) is 4.33. The molecule has 62 valence electrons. The van der Waals surface area contributed by atoms with Gasteiger partial charge in [0.15, 0.2) is 5.01 Å². The molecule has 0 amide bonds. The van der Waals surface area contributed by atoms with Gasteiger partial charge in [0.05, 0.1) is 12.1 Å². The maximum atomic E-state index is 10.4. The topological polar surface area (TPSA) is 50.2 Å². The number of alkyl halides is 1. The number of hydrogen-bond donors (Lipinski definition) is 1. The Morgan fingerprint density at radius 2 is 2.58 bits per heavy atom. The van der Waals surface area contributed by atoms with E-state index in [1.165, 1.54) is 6.20 Å². The Labute approximate surface area is 78.0 Å². The molecule has 0 radical (unpaired) electrons. The van der Waals surface area contributed by atoms with Crippen LogP contribution in [-0.4, -0.2) is 21.9 Å². The van der Waals surface area contributed by atoms with E-state index in [1.807, 2.05) is 0 Å². The Morgan fingerprint density at radius 3 is 3.08 bits per heavy atom. The summed E-state index contributed by atoms with van der Waals surface area (Å²) in [4.78, 5) is 14.4. The molecule has 0 fully saturated rings. The molecule has 1 aromatic heterocycles. The number of aromatic nitrogens is 1. The molecule has 0 unspecified atom stereocenters. The number of nitrogens with zero attached hydrogens (tertiary/aromatic N) is 1. The largest absolute Gasteiger partial charge is 0.477 e. The predicted molar refractivity (Wildman–Crippen MR) is 46.7 cm³/mol. The van der Waals surface area contributed by atoms with Crippen LogP contribution in [-0.2, 0) is 0 Å². The molecule has 5 heteroatoms. The maximum absolute atomic E-state index is 10.4. The first-order valence-electron chi connectivity index (χ1n) is 2.98. The van der Waals surface area contributed by atoms with E-state index in [9.17, 15) is 4.79 Å². The molecule has 0 aromatic carbocycles. The van der Waals surface area contributed by atoms with Crippen LogP contribution in [0, 0.1) is 11.8 Å². The molecular formula is C7H4ClNO2S. The summed E-state index contributed by atoms with van der Waals surface area (Å²) in [6.45, 7) is 0. The second-order valence-electron chi connectivity index (χ2n) is 1.77. The maximum Gasteiger partial charge on any atom is 0.347 e. The van der Waals surface area contributed by atoms with Gasteiger partial charge >= 0.3 is 5.97 Å². The lowest BCUT2D eigenvalue weighted by Gasteiger charge is -1.78. The van der Waals surface area contributed by atoms with Crippen LogP contribution in [0.15, 0.2) is 6.20 Å². The quantitative estimate of drug-likeness (QED) is 0.553. The van der Waals surface area contributed by atoms with Crippen LogP contribution >= 0.6 is 22.9 Å². The summed E-state index contributed by atoms with van der Waals surface area (Å²) in [5.41, 5.74) is 0. The number of carboxylic acids is 1. The van der Waals surface area contributed by atoms with Crippen LogP contribution in [0.2, 0.25) is 0 Å². The van der Waals surface area contributed by atoms with Crippen molar-refractivity contribution < 1.29 is 9.90 Å². The highest BCUT2D eigenvalue weighted by molar-refractivity contribution is 7.14. The smallest absolute Gasteiger partial charge is 0.347 e. The molecule has 0 saturated heterocycles. The van der Waals surface area contributed by atoms with Crippen molar-refractivity contribution in [3.8, 4) is 11.8 Å². The van der Waals surface area contributed by atoms with Gasteiger partial charge in [0, 0.05) is 0 Å². The van der Waals surface area contributed by atoms with E-state index in [4.69, 9.17) is 16.7 Å². The highest BCUT2D eigenvalue weighted by atomic mass is 35.5. The molecule has 0 aliphatic carbocycles. The number of rotatable bonds is 1. The molecule has 0 aliphatic heterocycles. The van der Waals surface area contributed by atoms with Crippen molar-refractivity contribution in [2.24, 2.45) is 0 Å². The average molecular weight is 202 g/mol. The van der Waals surface area contributed by atoms with Crippen molar-refractivity contribution in [1.82, 2.24) is 4.98 Å². The molecule has 3 nitrogen and oxygen atoms in total. The molecule has 1 rings (SSSR count). The molecule has 1 heterocycles. The SMILES string of the molecule is O=C(O)c1cnc(C#CCCl)s1. The Morgan fingerprint density at radius 1 is 1.83 bits per heavy atom. The molecule has 0 atom stereocenters. The molecule has 1 aromatic rings. The standard InChI is InChI=1S/C7H4ClNO2S/c8-3-1-2-6-9-4-5(12-6)7(10)11/h4H,3H2,(H,10,11). The number of aromatic carboxylic acids is 1. The zero-order chi connectivity index (χ0) is 8.97. The van der Waals surface area contributed by atoms with E-state index in [0.29, 0.717) is 5.01 Å². The summed E-state index contributed by atoms with van der Waals surface area (Å²) >= 11 is 6.35. The summed E-state index contributed by atoms with van der Waals surface area (Å²) in [5.74, 6) is 4.46. The van der Waals surface area contributed by atoms with E-state index in [0.717, 1.165) is 11.3 Å². The van der Waals surface area contributed by atoms with Crippen molar-refractivity contribution in [2.45, 2.75) is 0 Å². The van der Waals surface area contributed by atoms with Crippen LogP contribution in [0.25, 0.3) is 0 Å². The van der Waals surface area contributed by atoms with Crippen molar-refractivity contribution >= 4 is 28.9 Å². The van der Waals surface area contributed by atoms with Crippen LogP contribution < -0.4 is 0 Å². The van der Waals surface area contributed by atoms with E-state index < -0.39 is 5.97 Å². The van der Waals surface area contributed by atoms with E-state index in [2.05, 4.69) is 16.8 Å². The fraction of sp³-hybridized carbons (Fsp3) is 0.143. The second-order valence-corrected chi connectivity index (χ2v) is 3.07. The summed E-state index contributed by atoms with van der Waals surface area (Å²) in [6.07, 6.45) is 1.28. The minimum Gasteiger partial charge on any atom is -0.477 e. The van der Waals surface area contributed by atoms with E-state index in [1.54, 1.807) is 0 Å². The third kappa shape index (κ3) is 2.22. The number of carbonyl (C=O) groups is 1. The fourth-order valence-corrected chi connectivity index (χ4v) is 1.24. The van der Waals surface area contributed by atoms with Gasteiger partial charge in [0.25, 0.3) is 0 Å². The van der Waals surface area contributed by atoms with Gasteiger partial charge in [-0.15, -0.1) is 11.6 Å². The lowest BCUT2D eigenvalue weighted by atomic mass is 10.6. The number of thiazole rings is 1. The highest BCUT2D eigenvalue weighted by Crippen LogP contribution is 2.10. The second kappa shape index (κ2) is 4.10. The molecule has 0 spiro atoms. The summed E-state index contributed by atoms with van der Waals surface area (Å²) in [5, 5.41) is 9.00. The summed E-state index contributed by atoms with van der Waals surface area (Å²) in [7, 11) is 0. The van der Waals surface area contributed by atoms with Crippen LogP contribution in [0.1, 0.15) is 14.7 Å². The van der Waals surface area contributed by atoms with E-state index >= 15 is 0 Å². The molecule has 12 heavy (non-hydrogen) atoms. The fourth-order valence-electron chi connectivity index (χ4n) is 0.540. The van der Waals surface area contributed by atoms with Gasteiger partial charge in [-0.05, 0) is 5.92 Å². The van der Waals surface area contributed by atoms with Gasteiger partial charge in [-0.2, -0.15) is 0 Å². The molecular weight excluding hydrogens is 198 g/mol. The minimum absolute atomic E-state index is 0.189. The predicted octanol–water partition coefficient (Wildman–Crippen LogP) is 1.43. The van der Waals surface area contributed by atoms with Crippen molar-refractivity contribution in [2.75, 3.05) is 5.88 Å². The molecule has 1 N–H and O–H groups in total. The zero-order valence-corrected chi connectivity index (χ0v) is 7.45. The number of hydrogen-bond acceptors (Lipinski definition) is 3. The average Bonchev–Trinajstić information content (AvgIpc) is 2.48. The van der Waals surface area contributed by atoms with Gasteiger partial charge < -0.3 is 5.11 Å². The lowest BCUT2D eigenvalue weighted by molar-refractivity contribution is 0.0702. The Hall–Kier alpha value is -1.05. The van der Waals surface area contributed by atoms with Crippen LogP contribution in [0.3, 0.4) is 0 Å². The molecule has 0 aliphatic rings. The summed E-state index contributed by atoms with van der Waals surface area (Å²) < 4.78 is 0. The number of halogens is 1. The summed E-state index contributed by atoms with van der Waals surface area (Å²) in [6, 6.07) is 0. The first kappa shape index (κ1) is 9.04. The Kier molecular flexibility index (Phi) is 3.09. The molecule has 0 saturated carbocycles. The van der Waals surface area contributed by atoms with Gasteiger partial charge in [-0.3, -0.25) is 0 Å². The lowest BCUT2D eigenvalue weighted by Crippen LogP contribution is -1.89. The van der Waals surface area contributed by atoms with Crippen LogP contribution in [0.5, 0.6) is 0 Å². The zero-order valence-electron chi connectivity index (χ0n) is 5.87. The monoisotopic (exact) mass is 201 g/mol. The highest BCUT2D eigenvalue weighted by Gasteiger charge is 2.05. The third-order valence-electron chi connectivity index (χ3n) is 0.979. The normalized spacial score (nSPS) is 8.75. The first-order chi connectivity index (χ1) is 5.74. The van der Waals surface area contributed by atoms with Gasteiger partial charge in [0.2, 0.25) is 0 Å². The number of carboxylic acid groups (broad SMARTS) is 1. The van der Waals surface area contributed by atoms with Crippen molar-refractivity contribution in [3.63, 3.8) is 0 Å². The third-order valence-corrected chi connectivity index (χ3v) is 2.01. The van der Waals surface area contributed by atoms with Crippen molar-refractivity contribution in [1.29, 1.82) is 0 Å². The molecule has 0 bridgehead atoms. The van der Waals surface area contributed by atoms with Gasteiger partial charge in [-0.1, -0.05) is 17.3 Å². The van der Waals surface area contributed by atoms with Crippen molar-refractivity contribution in [3.05, 3.63) is 16.1 Å². The van der Waals surface area contributed by atoms with E-state index in [-0.39, 0.29) is 10.8 Å².